The SMILES string of the molecule is N#CC(CCO)C(=O)[O-]. The van der Waals surface area contributed by atoms with E-state index in [0.29, 0.717) is 0 Å². The normalized spacial score (nSPS) is 12.0. The third kappa shape index (κ3) is 2.67. The fourth-order valence-electron chi connectivity index (χ4n) is 0.364. The molecular formula is C5H6NO3-. The third-order valence-electron chi connectivity index (χ3n) is 0.858. The Bertz CT molecular complexity index is 138. The van der Waals surface area contributed by atoms with Crippen LogP contribution in [0.15, 0.2) is 0 Å². The number of rotatable bonds is 3. The summed E-state index contributed by atoms with van der Waals surface area (Å²) < 4.78 is 0. The van der Waals surface area contributed by atoms with Crippen LogP contribution in [0.1, 0.15) is 6.42 Å². The van der Waals surface area contributed by atoms with Gasteiger partial charge >= 0.3 is 0 Å². The van der Waals surface area contributed by atoms with Crippen molar-refractivity contribution in [2.45, 2.75) is 6.42 Å². The van der Waals surface area contributed by atoms with Crippen molar-refractivity contribution in [2.24, 2.45) is 5.92 Å². The van der Waals surface area contributed by atoms with Crippen LogP contribution < -0.4 is 5.11 Å². The summed E-state index contributed by atoms with van der Waals surface area (Å²) in [5.74, 6) is -2.60. The summed E-state index contributed by atoms with van der Waals surface area (Å²) in [5, 5.41) is 26.1. The number of carboxylic acids is 1. The number of hydrogen-bond donors (Lipinski definition) is 1. The highest BCUT2D eigenvalue weighted by atomic mass is 16.4. The van der Waals surface area contributed by atoms with Gasteiger partial charge in [-0.25, -0.2) is 0 Å². The molecule has 0 heterocycles. The molecule has 0 bridgehead atoms. The number of carboxylic acid groups (broad SMARTS) is 1. The zero-order chi connectivity index (χ0) is 7.28. The Morgan fingerprint density at radius 1 is 1.89 bits per heavy atom. The van der Waals surface area contributed by atoms with Gasteiger partial charge in [0.15, 0.2) is 0 Å². The van der Waals surface area contributed by atoms with Gasteiger partial charge in [0.25, 0.3) is 0 Å². The number of aliphatic hydroxyl groups is 1. The van der Waals surface area contributed by atoms with Crippen LogP contribution in [-0.4, -0.2) is 17.7 Å². The quantitative estimate of drug-likeness (QED) is 0.489. The van der Waals surface area contributed by atoms with Crippen LogP contribution in [0, 0.1) is 17.2 Å². The van der Waals surface area contributed by atoms with E-state index in [4.69, 9.17) is 10.4 Å². The van der Waals surface area contributed by atoms with E-state index in [9.17, 15) is 9.90 Å². The van der Waals surface area contributed by atoms with Crippen molar-refractivity contribution in [3.63, 3.8) is 0 Å². The molecule has 4 heteroatoms. The van der Waals surface area contributed by atoms with Gasteiger partial charge < -0.3 is 15.0 Å². The highest BCUT2D eigenvalue weighted by Gasteiger charge is 2.05. The molecule has 1 atom stereocenters. The zero-order valence-corrected chi connectivity index (χ0v) is 4.70. The predicted molar refractivity (Wildman–Crippen MR) is 25.8 cm³/mol. The first-order valence-electron chi connectivity index (χ1n) is 2.43. The van der Waals surface area contributed by atoms with E-state index in [1.54, 1.807) is 0 Å². The van der Waals surface area contributed by atoms with Crippen molar-refractivity contribution in [3.05, 3.63) is 0 Å². The number of carbonyl (C=O) groups excluding carboxylic acids is 1. The number of nitrogens with zero attached hydrogens (tertiary/aromatic N) is 1. The minimum atomic E-state index is -1.42. The van der Waals surface area contributed by atoms with E-state index in [0.717, 1.165) is 0 Å². The standard InChI is InChI=1S/C5H7NO3/c6-3-4(1-2-7)5(8)9/h4,7H,1-2H2,(H,8,9)/p-1. The van der Waals surface area contributed by atoms with E-state index >= 15 is 0 Å². The van der Waals surface area contributed by atoms with Crippen LogP contribution in [0.5, 0.6) is 0 Å². The molecule has 0 spiro atoms. The van der Waals surface area contributed by atoms with Gasteiger partial charge in [-0.2, -0.15) is 5.26 Å². The second kappa shape index (κ2) is 3.87. The van der Waals surface area contributed by atoms with Crippen molar-refractivity contribution in [2.75, 3.05) is 6.61 Å². The molecule has 0 rings (SSSR count). The number of hydrogen-bond acceptors (Lipinski definition) is 4. The average Bonchev–Trinajstić information content (AvgIpc) is 1.82. The summed E-state index contributed by atoms with van der Waals surface area (Å²) in [6.45, 7) is -0.299. The number of carbonyl (C=O) groups is 1. The lowest BCUT2D eigenvalue weighted by Gasteiger charge is -2.05. The first-order chi connectivity index (χ1) is 4.22. The topological polar surface area (TPSA) is 84.1 Å². The first kappa shape index (κ1) is 7.92. The molecule has 0 aliphatic heterocycles. The molecule has 0 aromatic rings. The smallest absolute Gasteiger partial charge is 0.0879 e. The Morgan fingerprint density at radius 2 is 2.44 bits per heavy atom. The van der Waals surface area contributed by atoms with E-state index < -0.39 is 11.9 Å². The lowest BCUT2D eigenvalue weighted by atomic mass is 10.1. The fourth-order valence-corrected chi connectivity index (χ4v) is 0.364. The molecule has 0 amide bonds. The van der Waals surface area contributed by atoms with Gasteiger partial charge in [0.1, 0.15) is 0 Å². The molecular weight excluding hydrogens is 122 g/mol. The van der Waals surface area contributed by atoms with Crippen LogP contribution in [0.25, 0.3) is 0 Å². The summed E-state index contributed by atoms with van der Waals surface area (Å²) in [5.41, 5.74) is 0. The second-order valence-electron chi connectivity index (χ2n) is 1.51. The highest BCUT2D eigenvalue weighted by molar-refractivity contribution is 5.70. The van der Waals surface area contributed by atoms with E-state index in [-0.39, 0.29) is 13.0 Å². The van der Waals surface area contributed by atoms with Crippen LogP contribution in [0.4, 0.5) is 0 Å². The van der Waals surface area contributed by atoms with E-state index in [1.807, 2.05) is 0 Å². The summed E-state index contributed by atoms with van der Waals surface area (Å²) in [7, 11) is 0. The monoisotopic (exact) mass is 128 g/mol. The average molecular weight is 128 g/mol. The van der Waals surface area contributed by atoms with Crippen molar-refractivity contribution < 1.29 is 15.0 Å². The molecule has 0 aliphatic rings. The van der Waals surface area contributed by atoms with Gasteiger partial charge in [0, 0.05) is 6.61 Å². The fraction of sp³-hybridized carbons (Fsp3) is 0.600. The summed E-state index contributed by atoms with van der Waals surface area (Å²) in [6, 6.07) is 1.48. The molecule has 0 fully saturated rings. The Hall–Kier alpha value is -1.08. The van der Waals surface area contributed by atoms with Crippen molar-refractivity contribution in [3.8, 4) is 6.07 Å². The van der Waals surface area contributed by atoms with Crippen LogP contribution in [-0.2, 0) is 4.79 Å². The Kier molecular flexibility index (Phi) is 3.40. The molecule has 0 radical (unpaired) electrons. The molecule has 0 aliphatic carbocycles. The Balaban J connectivity index is 3.72. The molecule has 1 N–H and O–H groups in total. The van der Waals surface area contributed by atoms with Crippen LogP contribution >= 0.6 is 0 Å². The number of aliphatic carboxylic acids is 1. The van der Waals surface area contributed by atoms with E-state index in [1.165, 1.54) is 6.07 Å². The lowest BCUT2D eigenvalue weighted by molar-refractivity contribution is -0.309. The predicted octanol–water partition coefficient (Wildman–Crippen LogP) is -1.74. The second-order valence-corrected chi connectivity index (χ2v) is 1.51. The van der Waals surface area contributed by atoms with Crippen LogP contribution in [0.2, 0.25) is 0 Å². The molecule has 1 unspecified atom stereocenters. The van der Waals surface area contributed by atoms with Crippen molar-refractivity contribution in [1.82, 2.24) is 0 Å². The minimum Gasteiger partial charge on any atom is -0.549 e. The summed E-state index contributed by atoms with van der Waals surface area (Å²) >= 11 is 0. The maximum atomic E-state index is 9.88. The number of nitriles is 1. The zero-order valence-electron chi connectivity index (χ0n) is 4.70. The first-order valence-corrected chi connectivity index (χ1v) is 2.43. The van der Waals surface area contributed by atoms with Crippen molar-refractivity contribution >= 4 is 5.97 Å². The van der Waals surface area contributed by atoms with Gasteiger partial charge in [-0.15, -0.1) is 0 Å². The third-order valence-corrected chi connectivity index (χ3v) is 0.858. The molecule has 4 nitrogen and oxygen atoms in total. The van der Waals surface area contributed by atoms with Crippen molar-refractivity contribution in [1.29, 1.82) is 5.26 Å². The van der Waals surface area contributed by atoms with Gasteiger partial charge in [-0.3, -0.25) is 0 Å². The largest absolute Gasteiger partial charge is 0.549 e. The molecule has 0 aromatic heterocycles. The molecule has 50 valence electrons. The van der Waals surface area contributed by atoms with Gasteiger partial charge in [-0.05, 0) is 6.42 Å². The maximum Gasteiger partial charge on any atom is 0.0879 e. The summed E-state index contributed by atoms with van der Waals surface area (Å²) in [6.07, 6.45) is -0.0567. The Labute approximate surface area is 52.3 Å². The van der Waals surface area contributed by atoms with Gasteiger partial charge in [-0.1, -0.05) is 0 Å². The Morgan fingerprint density at radius 3 is 2.56 bits per heavy atom. The molecule has 0 aromatic carbocycles. The maximum absolute atomic E-state index is 9.88. The van der Waals surface area contributed by atoms with Gasteiger partial charge in [0.2, 0.25) is 0 Å². The van der Waals surface area contributed by atoms with E-state index in [2.05, 4.69) is 0 Å². The van der Waals surface area contributed by atoms with Crippen LogP contribution in [0.3, 0.4) is 0 Å². The number of aliphatic hydroxyl groups excluding tert-OH is 1. The molecule has 0 saturated carbocycles. The molecule has 0 saturated heterocycles. The minimum absolute atomic E-state index is 0.0567. The molecule has 9 heavy (non-hydrogen) atoms. The highest BCUT2D eigenvalue weighted by Crippen LogP contribution is 1.96. The van der Waals surface area contributed by atoms with Gasteiger partial charge in [0.05, 0.1) is 18.0 Å². The summed E-state index contributed by atoms with van der Waals surface area (Å²) in [4.78, 5) is 9.88. The lowest BCUT2D eigenvalue weighted by Crippen LogP contribution is -2.30.